The van der Waals surface area contributed by atoms with Gasteiger partial charge in [-0.2, -0.15) is 0 Å². The summed E-state index contributed by atoms with van der Waals surface area (Å²) in [7, 11) is 0. The molecule has 1 heterocycles. The summed E-state index contributed by atoms with van der Waals surface area (Å²) in [5, 5.41) is 9.16. The van der Waals surface area contributed by atoms with E-state index in [9.17, 15) is 0 Å². The summed E-state index contributed by atoms with van der Waals surface area (Å²) in [4.78, 5) is 5.29. The largest absolute Gasteiger partial charge is 0.392 e. The van der Waals surface area contributed by atoms with Crippen LogP contribution in [0.5, 0.6) is 0 Å². The molecule has 1 aromatic heterocycles. The zero-order valence-electron chi connectivity index (χ0n) is 11.4. The van der Waals surface area contributed by atoms with Crippen molar-refractivity contribution in [3.8, 4) is 10.4 Å². The van der Waals surface area contributed by atoms with Crippen LogP contribution in [0.4, 0.5) is 0 Å². The fourth-order valence-electron chi connectivity index (χ4n) is 2.14. The maximum Gasteiger partial charge on any atom is 0.0797 e. The van der Waals surface area contributed by atoms with Gasteiger partial charge in [0.2, 0.25) is 0 Å². The molecule has 0 fully saturated rings. The third-order valence-corrected chi connectivity index (χ3v) is 4.03. The minimum absolute atomic E-state index is 0.0720. The Hall–Kier alpha value is -2.23. The number of thiazole rings is 1. The molecule has 0 unspecified atom stereocenters. The minimum atomic E-state index is 0.0720. The standard InChI is InChI=1S/C18H15NOS/c20-12-16-5-1-3-14(9-16)7-8-15-4-2-6-17(10-15)18-11-19-13-21-18/h1-11,13,20H,12H2/b8-7+. The van der Waals surface area contributed by atoms with Crippen LogP contribution in [-0.4, -0.2) is 10.1 Å². The van der Waals surface area contributed by atoms with Gasteiger partial charge in [-0.15, -0.1) is 11.3 Å². The molecule has 3 aromatic rings. The molecular formula is C18H15NOS. The molecule has 1 N–H and O–H groups in total. The van der Waals surface area contributed by atoms with E-state index in [1.54, 1.807) is 11.3 Å². The molecule has 0 aliphatic heterocycles. The molecule has 0 bridgehead atoms. The van der Waals surface area contributed by atoms with Gasteiger partial charge in [-0.1, -0.05) is 48.6 Å². The minimum Gasteiger partial charge on any atom is -0.392 e. The number of nitrogens with zero attached hydrogens (tertiary/aromatic N) is 1. The van der Waals surface area contributed by atoms with Crippen LogP contribution >= 0.6 is 11.3 Å². The molecule has 21 heavy (non-hydrogen) atoms. The predicted molar refractivity (Wildman–Crippen MR) is 88.8 cm³/mol. The second-order valence-electron chi connectivity index (χ2n) is 4.73. The van der Waals surface area contributed by atoms with E-state index in [0.717, 1.165) is 16.7 Å². The molecule has 2 nitrogen and oxygen atoms in total. The molecule has 0 spiro atoms. The Morgan fingerprint density at radius 2 is 1.76 bits per heavy atom. The highest BCUT2D eigenvalue weighted by atomic mass is 32.1. The van der Waals surface area contributed by atoms with Crippen LogP contribution in [0.15, 0.2) is 60.2 Å². The fourth-order valence-corrected chi connectivity index (χ4v) is 2.76. The number of hydrogen-bond acceptors (Lipinski definition) is 3. The number of aliphatic hydroxyl groups is 1. The van der Waals surface area contributed by atoms with E-state index in [4.69, 9.17) is 5.11 Å². The van der Waals surface area contributed by atoms with Crippen molar-refractivity contribution >= 4 is 23.5 Å². The Morgan fingerprint density at radius 1 is 1.00 bits per heavy atom. The lowest BCUT2D eigenvalue weighted by Crippen LogP contribution is -1.82. The van der Waals surface area contributed by atoms with Crippen LogP contribution in [-0.2, 0) is 6.61 Å². The highest BCUT2D eigenvalue weighted by molar-refractivity contribution is 7.13. The Morgan fingerprint density at radius 3 is 2.48 bits per heavy atom. The third kappa shape index (κ3) is 3.45. The molecule has 104 valence electrons. The van der Waals surface area contributed by atoms with Gasteiger partial charge in [0.25, 0.3) is 0 Å². The number of aromatic nitrogens is 1. The molecule has 0 amide bonds. The summed E-state index contributed by atoms with van der Waals surface area (Å²) < 4.78 is 0. The Labute approximate surface area is 128 Å². The second-order valence-corrected chi connectivity index (χ2v) is 5.61. The first-order valence-electron chi connectivity index (χ1n) is 6.72. The molecule has 0 aliphatic rings. The smallest absolute Gasteiger partial charge is 0.0797 e. The van der Waals surface area contributed by atoms with Crippen LogP contribution in [0.3, 0.4) is 0 Å². The lowest BCUT2D eigenvalue weighted by molar-refractivity contribution is 0.282. The molecule has 0 saturated heterocycles. The molecule has 0 radical (unpaired) electrons. The van der Waals surface area contributed by atoms with E-state index < -0.39 is 0 Å². The van der Waals surface area contributed by atoms with Crippen LogP contribution in [0.25, 0.3) is 22.6 Å². The van der Waals surface area contributed by atoms with Crippen molar-refractivity contribution in [3.63, 3.8) is 0 Å². The van der Waals surface area contributed by atoms with Gasteiger partial charge < -0.3 is 5.11 Å². The summed E-state index contributed by atoms with van der Waals surface area (Å²) in [6.45, 7) is 0.0720. The molecule has 3 heteroatoms. The van der Waals surface area contributed by atoms with Gasteiger partial charge in [0.15, 0.2) is 0 Å². The van der Waals surface area contributed by atoms with Crippen molar-refractivity contribution in [2.24, 2.45) is 0 Å². The van der Waals surface area contributed by atoms with Crippen LogP contribution in [0.2, 0.25) is 0 Å². The number of benzene rings is 2. The van der Waals surface area contributed by atoms with Gasteiger partial charge in [-0.25, -0.2) is 0 Å². The number of hydrogen-bond donors (Lipinski definition) is 1. The van der Waals surface area contributed by atoms with Gasteiger partial charge >= 0.3 is 0 Å². The first-order chi connectivity index (χ1) is 10.3. The highest BCUT2D eigenvalue weighted by Crippen LogP contribution is 2.24. The van der Waals surface area contributed by atoms with Gasteiger partial charge in [0.1, 0.15) is 0 Å². The topological polar surface area (TPSA) is 33.1 Å². The van der Waals surface area contributed by atoms with Gasteiger partial charge in [0, 0.05) is 6.20 Å². The van der Waals surface area contributed by atoms with E-state index in [-0.39, 0.29) is 6.61 Å². The van der Waals surface area contributed by atoms with E-state index >= 15 is 0 Å². The summed E-state index contributed by atoms with van der Waals surface area (Å²) in [5.74, 6) is 0. The first kappa shape index (κ1) is 13.7. The van der Waals surface area contributed by atoms with Crippen LogP contribution < -0.4 is 0 Å². The SMILES string of the molecule is OCc1cccc(/C=C/c2cccc(-c3cncs3)c2)c1. The summed E-state index contributed by atoms with van der Waals surface area (Å²) in [6, 6.07) is 16.3. The molecule has 0 saturated carbocycles. The summed E-state index contributed by atoms with van der Waals surface area (Å²) >= 11 is 1.64. The Kier molecular flexibility index (Phi) is 4.24. The zero-order chi connectivity index (χ0) is 14.5. The number of aliphatic hydroxyl groups excluding tert-OH is 1. The van der Waals surface area contributed by atoms with Gasteiger partial charge in [-0.05, 0) is 34.4 Å². The first-order valence-corrected chi connectivity index (χ1v) is 7.60. The van der Waals surface area contributed by atoms with Crippen molar-refractivity contribution in [2.45, 2.75) is 6.61 Å². The quantitative estimate of drug-likeness (QED) is 0.720. The monoisotopic (exact) mass is 293 g/mol. The van der Waals surface area contributed by atoms with Crippen LogP contribution in [0.1, 0.15) is 16.7 Å². The van der Waals surface area contributed by atoms with Crippen molar-refractivity contribution in [2.75, 3.05) is 0 Å². The molecule has 0 atom stereocenters. The average molecular weight is 293 g/mol. The van der Waals surface area contributed by atoms with Crippen molar-refractivity contribution in [1.82, 2.24) is 4.98 Å². The van der Waals surface area contributed by atoms with E-state index in [2.05, 4.69) is 41.4 Å². The van der Waals surface area contributed by atoms with E-state index in [1.807, 2.05) is 36.0 Å². The second kappa shape index (κ2) is 6.48. The highest BCUT2D eigenvalue weighted by Gasteiger charge is 1.99. The van der Waals surface area contributed by atoms with Gasteiger partial charge in [0.05, 0.1) is 17.0 Å². The Balaban J connectivity index is 1.84. The molecule has 3 rings (SSSR count). The summed E-state index contributed by atoms with van der Waals surface area (Å²) in [6.07, 6.45) is 6.03. The molecule has 0 aliphatic carbocycles. The van der Waals surface area contributed by atoms with Crippen LogP contribution in [0, 0.1) is 0 Å². The normalized spacial score (nSPS) is 11.1. The average Bonchev–Trinajstić information content (AvgIpc) is 3.08. The maximum absolute atomic E-state index is 9.16. The molecule has 2 aromatic carbocycles. The third-order valence-electron chi connectivity index (χ3n) is 3.21. The zero-order valence-corrected chi connectivity index (χ0v) is 12.3. The van der Waals surface area contributed by atoms with E-state index in [1.165, 1.54) is 10.4 Å². The lowest BCUT2D eigenvalue weighted by Gasteiger charge is -2.00. The summed E-state index contributed by atoms with van der Waals surface area (Å²) in [5.41, 5.74) is 6.19. The Bertz CT molecular complexity index is 747. The van der Waals surface area contributed by atoms with E-state index in [0.29, 0.717) is 0 Å². The lowest BCUT2D eigenvalue weighted by atomic mass is 10.1. The fraction of sp³-hybridized carbons (Fsp3) is 0.0556. The van der Waals surface area contributed by atoms with Crippen molar-refractivity contribution < 1.29 is 5.11 Å². The number of rotatable bonds is 4. The van der Waals surface area contributed by atoms with Gasteiger partial charge in [-0.3, -0.25) is 4.98 Å². The predicted octanol–water partition coefficient (Wildman–Crippen LogP) is 4.47. The van der Waals surface area contributed by atoms with Crippen molar-refractivity contribution in [1.29, 1.82) is 0 Å². The maximum atomic E-state index is 9.16. The van der Waals surface area contributed by atoms with Crippen molar-refractivity contribution in [3.05, 3.63) is 76.9 Å². The molecular weight excluding hydrogens is 278 g/mol.